The molecule has 0 aliphatic heterocycles. The highest BCUT2D eigenvalue weighted by atomic mass is 79.9. The minimum atomic E-state index is -0.530. The molecule has 1 aromatic carbocycles. The van der Waals surface area contributed by atoms with Crippen molar-refractivity contribution in [2.24, 2.45) is 0 Å². The summed E-state index contributed by atoms with van der Waals surface area (Å²) in [5, 5.41) is 0. The molecule has 0 saturated carbocycles. The molecule has 0 unspecified atom stereocenters. The average Bonchev–Trinajstić information content (AvgIpc) is 2.25. The molecule has 0 heterocycles. The second kappa shape index (κ2) is 6.56. The molecule has 0 aliphatic carbocycles. The lowest BCUT2D eigenvalue weighted by molar-refractivity contribution is 0.0599. The lowest BCUT2D eigenvalue weighted by atomic mass is 10.1. The number of esters is 1. The van der Waals surface area contributed by atoms with Crippen molar-refractivity contribution < 1.29 is 13.9 Å². The minimum absolute atomic E-state index is 0.245. The molecular formula is C11H14BrFO2. The quantitative estimate of drug-likeness (QED) is 0.731. The van der Waals surface area contributed by atoms with Gasteiger partial charge in [0.2, 0.25) is 0 Å². The van der Waals surface area contributed by atoms with E-state index in [-0.39, 0.29) is 5.56 Å². The standard InChI is InChI=1S/C9H8BrFO2.C2H6/c1-5-7(9(12)13-2)3-6(11)4-8(5)10;1-2/h3-4H,1-2H3;1-2H3. The number of carbonyl (C=O) groups excluding carboxylic acids is 1. The molecule has 0 radical (unpaired) electrons. The number of halogens is 2. The van der Waals surface area contributed by atoms with E-state index in [9.17, 15) is 9.18 Å². The van der Waals surface area contributed by atoms with Crippen molar-refractivity contribution in [3.8, 4) is 0 Å². The third-order valence-corrected chi connectivity index (χ3v) is 2.54. The van der Waals surface area contributed by atoms with E-state index in [4.69, 9.17) is 0 Å². The molecule has 0 atom stereocenters. The van der Waals surface area contributed by atoms with E-state index in [1.54, 1.807) is 6.92 Å². The maximum absolute atomic E-state index is 12.9. The molecule has 2 nitrogen and oxygen atoms in total. The Morgan fingerprint density at radius 1 is 1.40 bits per heavy atom. The lowest BCUT2D eigenvalue weighted by Gasteiger charge is -2.05. The normalized spacial score (nSPS) is 8.93. The first-order valence-electron chi connectivity index (χ1n) is 4.60. The summed E-state index contributed by atoms with van der Waals surface area (Å²) >= 11 is 3.15. The maximum Gasteiger partial charge on any atom is 0.338 e. The van der Waals surface area contributed by atoms with Crippen molar-refractivity contribution in [1.29, 1.82) is 0 Å². The van der Waals surface area contributed by atoms with Crippen LogP contribution in [0, 0.1) is 12.7 Å². The van der Waals surface area contributed by atoms with Crippen molar-refractivity contribution in [3.05, 3.63) is 33.5 Å². The molecule has 0 spiro atoms. The smallest absolute Gasteiger partial charge is 0.338 e. The summed E-state index contributed by atoms with van der Waals surface area (Å²) in [7, 11) is 1.26. The van der Waals surface area contributed by atoms with Gasteiger partial charge in [-0.25, -0.2) is 9.18 Å². The molecule has 0 fully saturated rings. The molecule has 1 rings (SSSR count). The topological polar surface area (TPSA) is 26.3 Å². The van der Waals surface area contributed by atoms with Crippen molar-refractivity contribution in [1.82, 2.24) is 0 Å². The Hall–Kier alpha value is -0.900. The highest BCUT2D eigenvalue weighted by Crippen LogP contribution is 2.21. The van der Waals surface area contributed by atoms with Gasteiger partial charge in [-0.2, -0.15) is 0 Å². The van der Waals surface area contributed by atoms with E-state index in [0.29, 0.717) is 10.0 Å². The predicted molar refractivity (Wildman–Crippen MR) is 61.5 cm³/mol. The summed E-state index contributed by atoms with van der Waals surface area (Å²) in [6.45, 7) is 5.72. The van der Waals surface area contributed by atoms with E-state index < -0.39 is 11.8 Å². The molecule has 15 heavy (non-hydrogen) atoms. The SMILES string of the molecule is CC.COC(=O)c1cc(F)cc(Br)c1C. The fourth-order valence-corrected chi connectivity index (χ4v) is 1.40. The lowest BCUT2D eigenvalue weighted by Crippen LogP contribution is -2.04. The van der Waals surface area contributed by atoms with Gasteiger partial charge in [-0.15, -0.1) is 0 Å². The predicted octanol–water partition coefficient (Wildman–Crippen LogP) is 3.71. The number of ether oxygens (including phenoxy) is 1. The van der Waals surface area contributed by atoms with Gasteiger partial charge in [-0.3, -0.25) is 0 Å². The summed E-state index contributed by atoms with van der Waals surface area (Å²) in [4.78, 5) is 11.1. The molecular weight excluding hydrogens is 263 g/mol. The van der Waals surface area contributed by atoms with Crippen LogP contribution in [0.4, 0.5) is 4.39 Å². The highest BCUT2D eigenvalue weighted by molar-refractivity contribution is 9.10. The van der Waals surface area contributed by atoms with Crippen molar-refractivity contribution in [2.45, 2.75) is 20.8 Å². The molecule has 0 amide bonds. The molecule has 0 bridgehead atoms. The van der Waals surface area contributed by atoms with E-state index in [2.05, 4.69) is 20.7 Å². The first kappa shape index (κ1) is 14.1. The third-order valence-electron chi connectivity index (χ3n) is 1.71. The van der Waals surface area contributed by atoms with Crippen LogP contribution in [0.3, 0.4) is 0 Å². The Labute approximate surface area is 97.6 Å². The number of methoxy groups -OCH3 is 1. The maximum atomic E-state index is 12.9. The second-order valence-electron chi connectivity index (χ2n) is 2.55. The van der Waals surface area contributed by atoms with Crippen molar-refractivity contribution in [3.63, 3.8) is 0 Å². The van der Waals surface area contributed by atoms with Gasteiger partial charge in [-0.1, -0.05) is 29.8 Å². The molecule has 0 N–H and O–H groups in total. The largest absolute Gasteiger partial charge is 0.465 e. The van der Waals surface area contributed by atoms with Crippen LogP contribution in [0.5, 0.6) is 0 Å². The third kappa shape index (κ3) is 3.63. The van der Waals surface area contributed by atoms with E-state index in [1.807, 2.05) is 13.8 Å². The van der Waals surface area contributed by atoms with Crippen molar-refractivity contribution in [2.75, 3.05) is 7.11 Å². The zero-order valence-corrected chi connectivity index (χ0v) is 10.8. The fourth-order valence-electron chi connectivity index (χ4n) is 0.968. The summed E-state index contributed by atoms with van der Waals surface area (Å²) in [6.07, 6.45) is 0. The summed E-state index contributed by atoms with van der Waals surface area (Å²) in [5.41, 5.74) is 0.919. The Morgan fingerprint density at radius 3 is 2.40 bits per heavy atom. The zero-order valence-electron chi connectivity index (χ0n) is 9.23. The summed E-state index contributed by atoms with van der Waals surface area (Å²) < 4.78 is 17.9. The number of benzene rings is 1. The number of rotatable bonds is 1. The van der Waals surface area contributed by atoms with E-state index in [0.717, 1.165) is 6.07 Å². The van der Waals surface area contributed by atoms with Crippen LogP contribution in [-0.4, -0.2) is 13.1 Å². The Kier molecular flexibility index (Phi) is 6.17. The van der Waals surface area contributed by atoms with Gasteiger partial charge in [0.05, 0.1) is 12.7 Å². The Balaban J connectivity index is 0.000000921. The minimum Gasteiger partial charge on any atom is -0.465 e. The molecule has 84 valence electrons. The van der Waals surface area contributed by atoms with Crippen LogP contribution in [0.15, 0.2) is 16.6 Å². The zero-order chi connectivity index (χ0) is 12.0. The van der Waals surface area contributed by atoms with Crippen LogP contribution in [0.1, 0.15) is 29.8 Å². The number of hydrogen-bond donors (Lipinski definition) is 0. The molecule has 0 saturated heterocycles. The monoisotopic (exact) mass is 276 g/mol. The van der Waals surface area contributed by atoms with Gasteiger partial charge < -0.3 is 4.74 Å². The molecule has 1 aromatic rings. The molecule has 4 heteroatoms. The van der Waals surface area contributed by atoms with Crippen LogP contribution in [0.2, 0.25) is 0 Å². The molecule has 0 aliphatic rings. The van der Waals surface area contributed by atoms with Crippen LogP contribution >= 0.6 is 15.9 Å². The van der Waals surface area contributed by atoms with Gasteiger partial charge >= 0.3 is 5.97 Å². The first-order valence-corrected chi connectivity index (χ1v) is 5.39. The highest BCUT2D eigenvalue weighted by Gasteiger charge is 2.12. The van der Waals surface area contributed by atoms with Crippen molar-refractivity contribution >= 4 is 21.9 Å². The number of carbonyl (C=O) groups is 1. The second-order valence-corrected chi connectivity index (χ2v) is 3.41. The molecule has 0 aromatic heterocycles. The first-order chi connectivity index (χ1) is 7.06. The van der Waals surface area contributed by atoms with Gasteiger partial charge in [0, 0.05) is 4.47 Å². The van der Waals surface area contributed by atoms with Crippen LogP contribution in [-0.2, 0) is 4.74 Å². The average molecular weight is 277 g/mol. The fraction of sp³-hybridized carbons (Fsp3) is 0.364. The van der Waals surface area contributed by atoms with Gasteiger partial charge in [-0.05, 0) is 24.6 Å². The van der Waals surface area contributed by atoms with E-state index >= 15 is 0 Å². The van der Waals surface area contributed by atoms with E-state index in [1.165, 1.54) is 13.2 Å². The summed E-state index contributed by atoms with van der Waals surface area (Å²) in [6, 6.07) is 2.47. The summed E-state index contributed by atoms with van der Waals surface area (Å²) in [5.74, 6) is -0.990. The number of hydrogen-bond acceptors (Lipinski definition) is 2. The Bertz CT molecular complexity index is 351. The Morgan fingerprint density at radius 2 is 1.93 bits per heavy atom. The van der Waals surface area contributed by atoms with Crippen LogP contribution in [0.25, 0.3) is 0 Å². The van der Waals surface area contributed by atoms with Gasteiger partial charge in [0.15, 0.2) is 0 Å². The van der Waals surface area contributed by atoms with Gasteiger partial charge in [0.25, 0.3) is 0 Å². The van der Waals surface area contributed by atoms with Gasteiger partial charge in [0.1, 0.15) is 5.82 Å². The van der Waals surface area contributed by atoms with Crippen LogP contribution < -0.4 is 0 Å².